The van der Waals surface area contributed by atoms with Crippen molar-refractivity contribution in [2.75, 3.05) is 6.61 Å². The highest BCUT2D eigenvalue weighted by Gasteiger charge is 2.46. The molecule has 0 unspecified atom stereocenters. The first-order chi connectivity index (χ1) is 7.62. The highest BCUT2D eigenvalue weighted by Crippen LogP contribution is 2.37. The van der Waals surface area contributed by atoms with Gasteiger partial charge in [0.05, 0.1) is 17.9 Å². The summed E-state index contributed by atoms with van der Waals surface area (Å²) in [6.45, 7) is 9.19. The van der Waals surface area contributed by atoms with Crippen molar-refractivity contribution in [2.45, 2.75) is 64.8 Å². The molecule has 0 saturated heterocycles. The first-order valence-electron chi connectivity index (χ1n) is 6.25. The number of rotatable bonds is 5. The summed E-state index contributed by atoms with van der Waals surface area (Å²) in [5, 5.41) is 9.12. The lowest BCUT2D eigenvalue weighted by Crippen LogP contribution is -2.52. The van der Waals surface area contributed by atoms with Crippen LogP contribution in [0.3, 0.4) is 0 Å². The topological polar surface area (TPSA) is 57.6 Å². The Morgan fingerprint density at radius 2 is 1.76 bits per heavy atom. The lowest BCUT2D eigenvalue weighted by Gasteiger charge is -2.39. The Morgan fingerprint density at radius 3 is 2.00 bits per heavy atom. The summed E-state index contributed by atoms with van der Waals surface area (Å²) in [6.07, 6.45) is 1.83. The smallest absolute Gasteiger partial charge is 0.217 e. The molecular weight excluding hydrogens is 238 g/mol. The standard InChI is InChI=1S/C12H25NO3S/c1-9(2)17(15,16)13(10-6-7-10)11(8-14)12(3,4)5/h9-11,14H,6-8H2,1-5H3/t11-/m1/s1. The Kier molecular flexibility index (Phi) is 4.27. The van der Waals surface area contributed by atoms with E-state index in [2.05, 4.69) is 0 Å². The van der Waals surface area contributed by atoms with Crippen molar-refractivity contribution in [1.82, 2.24) is 4.31 Å². The largest absolute Gasteiger partial charge is 0.395 e. The third kappa shape index (κ3) is 3.20. The van der Waals surface area contributed by atoms with Gasteiger partial charge in [-0.2, -0.15) is 4.31 Å². The van der Waals surface area contributed by atoms with Crippen molar-refractivity contribution >= 4 is 10.0 Å². The Bertz CT molecular complexity index is 352. The van der Waals surface area contributed by atoms with E-state index in [1.807, 2.05) is 20.8 Å². The van der Waals surface area contributed by atoms with Gasteiger partial charge in [-0.25, -0.2) is 8.42 Å². The van der Waals surface area contributed by atoms with Crippen LogP contribution < -0.4 is 0 Å². The molecule has 0 amide bonds. The molecule has 4 nitrogen and oxygen atoms in total. The van der Waals surface area contributed by atoms with E-state index < -0.39 is 15.3 Å². The van der Waals surface area contributed by atoms with E-state index in [4.69, 9.17) is 0 Å². The summed E-state index contributed by atoms with van der Waals surface area (Å²) >= 11 is 0. The second-order valence-electron chi connectivity index (χ2n) is 6.22. The number of aliphatic hydroxyl groups excluding tert-OH is 1. The van der Waals surface area contributed by atoms with Crippen molar-refractivity contribution in [1.29, 1.82) is 0 Å². The average molecular weight is 263 g/mol. The normalized spacial score (nSPS) is 20.0. The van der Waals surface area contributed by atoms with Crippen molar-refractivity contribution < 1.29 is 13.5 Å². The zero-order chi connectivity index (χ0) is 13.4. The minimum absolute atomic E-state index is 0.0961. The molecule has 1 rings (SSSR count). The van der Waals surface area contributed by atoms with E-state index in [0.717, 1.165) is 12.8 Å². The molecule has 0 aromatic heterocycles. The summed E-state index contributed by atoms with van der Waals surface area (Å²) in [7, 11) is -3.30. The molecule has 1 aliphatic rings. The quantitative estimate of drug-likeness (QED) is 0.819. The van der Waals surface area contributed by atoms with Gasteiger partial charge >= 0.3 is 0 Å². The van der Waals surface area contributed by atoms with Gasteiger partial charge in [0.15, 0.2) is 0 Å². The molecule has 1 atom stereocenters. The fourth-order valence-electron chi connectivity index (χ4n) is 1.95. The van der Waals surface area contributed by atoms with Crippen molar-refractivity contribution in [3.05, 3.63) is 0 Å². The SMILES string of the molecule is CC(C)S(=O)(=O)N(C1CC1)[C@H](CO)C(C)(C)C. The Labute approximate surface area is 105 Å². The van der Waals surface area contributed by atoms with E-state index in [-0.39, 0.29) is 24.1 Å². The van der Waals surface area contributed by atoms with Crippen LogP contribution >= 0.6 is 0 Å². The van der Waals surface area contributed by atoms with Crippen LogP contribution in [0, 0.1) is 5.41 Å². The molecule has 0 bridgehead atoms. The molecule has 1 N–H and O–H groups in total. The number of aliphatic hydroxyl groups is 1. The number of nitrogens with zero attached hydrogens (tertiary/aromatic N) is 1. The number of hydrogen-bond acceptors (Lipinski definition) is 3. The first-order valence-corrected chi connectivity index (χ1v) is 7.76. The van der Waals surface area contributed by atoms with Gasteiger partial charge in [-0.3, -0.25) is 0 Å². The maximum atomic E-state index is 12.4. The predicted molar refractivity (Wildman–Crippen MR) is 69.2 cm³/mol. The van der Waals surface area contributed by atoms with Gasteiger partial charge in [-0.1, -0.05) is 20.8 Å². The van der Waals surface area contributed by atoms with E-state index >= 15 is 0 Å². The van der Waals surface area contributed by atoms with Gasteiger partial charge in [-0.15, -0.1) is 0 Å². The number of hydrogen-bond donors (Lipinski definition) is 1. The van der Waals surface area contributed by atoms with E-state index in [1.165, 1.54) is 0 Å². The van der Waals surface area contributed by atoms with Crippen molar-refractivity contribution in [3.8, 4) is 0 Å². The highest BCUT2D eigenvalue weighted by atomic mass is 32.2. The summed E-state index contributed by atoms with van der Waals surface area (Å²) in [4.78, 5) is 0. The van der Waals surface area contributed by atoms with Crippen LogP contribution in [0.4, 0.5) is 0 Å². The lowest BCUT2D eigenvalue weighted by molar-refractivity contribution is 0.0969. The van der Waals surface area contributed by atoms with Gasteiger partial charge < -0.3 is 5.11 Å². The molecule has 0 heterocycles. The van der Waals surface area contributed by atoms with Crippen LogP contribution in [0.2, 0.25) is 0 Å². The van der Waals surface area contributed by atoms with Crippen LogP contribution in [-0.4, -0.2) is 41.8 Å². The zero-order valence-electron chi connectivity index (χ0n) is 11.5. The summed E-state index contributed by atoms with van der Waals surface area (Å²) in [5.74, 6) is 0. The molecule has 0 aromatic carbocycles. The minimum atomic E-state index is -3.30. The van der Waals surface area contributed by atoms with Crippen molar-refractivity contribution in [2.24, 2.45) is 5.41 Å². The molecule has 0 aliphatic heterocycles. The van der Waals surface area contributed by atoms with Crippen LogP contribution in [0.15, 0.2) is 0 Å². The number of sulfonamides is 1. The molecule has 1 aliphatic carbocycles. The molecule has 5 heteroatoms. The average Bonchev–Trinajstić information content (AvgIpc) is 2.94. The molecule has 17 heavy (non-hydrogen) atoms. The van der Waals surface area contributed by atoms with Gasteiger partial charge in [0.2, 0.25) is 10.0 Å². The monoisotopic (exact) mass is 263 g/mol. The fourth-order valence-corrected chi connectivity index (χ4v) is 3.80. The van der Waals surface area contributed by atoms with Crippen molar-refractivity contribution in [3.63, 3.8) is 0 Å². The first kappa shape index (κ1) is 14.9. The second-order valence-corrected chi connectivity index (χ2v) is 8.61. The Morgan fingerprint density at radius 1 is 1.29 bits per heavy atom. The highest BCUT2D eigenvalue weighted by molar-refractivity contribution is 7.89. The van der Waals surface area contributed by atoms with Crippen LogP contribution in [0.1, 0.15) is 47.5 Å². The van der Waals surface area contributed by atoms with E-state index in [1.54, 1.807) is 18.2 Å². The Balaban J connectivity index is 3.09. The third-order valence-corrected chi connectivity index (χ3v) is 5.61. The molecule has 102 valence electrons. The molecule has 0 radical (unpaired) electrons. The molecule has 1 saturated carbocycles. The summed E-state index contributed by atoms with van der Waals surface area (Å²) < 4.78 is 26.3. The fraction of sp³-hybridized carbons (Fsp3) is 1.00. The Hall–Kier alpha value is -0.130. The minimum Gasteiger partial charge on any atom is -0.395 e. The van der Waals surface area contributed by atoms with Crippen LogP contribution in [-0.2, 0) is 10.0 Å². The van der Waals surface area contributed by atoms with Gasteiger partial charge in [-0.05, 0) is 32.1 Å². The zero-order valence-corrected chi connectivity index (χ0v) is 12.3. The predicted octanol–water partition coefficient (Wildman–Crippen LogP) is 1.60. The van der Waals surface area contributed by atoms with Crippen LogP contribution in [0.25, 0.3) is 0 Å². The van der Waals surface area contributed by atoms with E-state index in [0.29, 0.717) is 0 Å². The van der Waals surface area contributed by atoms with E-state index in [9.17, 15) is 13.5 Å². The van der Waals surface area contributed by atoms with Crippen LogP contribution in [0.5, 0.6) is 0 Å². The summed E-state index contributed by atoms with van der Waals surface area (Å²) in [5.41, 5.74) is -0.251. The molecule has 0 spiro atoms. The maximum Gasteiger partial charge on any atom is 0.217 e. The third-order valence-electron chi connectivity index (χ3n) is 3.28. The molecule has 0 aromatic rings. The lowest BCUT2D eigenvalue weighted by atomic mass is 9.87. The van der Waals surface area contributed by atoms with Gasteiger partial charge in [0.25, 0.3) is 0 Å². The second kappa shape index (κ2) is 4.86. The van der Waals surface area contributed by atoms with Gasteiger partial charge in [0, 0.05) is 6.04 Å². The molecule has 1 fully saturated rings. The molecular formula is C12H25NO3S. The summed E-state index contributed by atoms with van der Waals surface area (Å²) in [6, 6.07) is -0.235. The van der Waals surface area contributed by atoms with Gasteiger partial charge in [0.1, 0.15) is 0 Å². The maximum absolute atomic E-state index is 12.4.